The molecule has 0 spiro atoms. The maximum Gasteiger partial charge on any atom is 0.216 e. The van der Waals surface area contributed by atoms with Gasteiger partial charge in [0, 0.05) is 21.3 Å². The maximum atomic E-state index is 6.35. The third-order valence-electron chi connectivity index (χ3n) is 4.46. The Balaban J connectivity index is 1.76. The molecule has 0 unspecified atom stereocenters. The van der Waals surface area contributed by atoms with E-state index in [-0.39, 0.29) is 5.60 Å². The van der Waals surface area contributed by atoms with E-state index in [9.17, 15) is 0 Å². The molecule has 1 aliphatic carbocycles. The Morgan fingerprint density at radius 3 is 2.50 bits per heavy atom. The smallest absolute Gasteiger partial charge is 0.216 e. The highest BCUT2D eigenvalue weighted by molar-refractivity contribution is 9.10. The molecule has 3 rings (SSSR count). The highest BCUT2D eigenvalue weighted by Gasteiger charge is 2.44. The number of hydrogen-bond acceptors (Lipinski definition) is 2. The van der Waals surface area contributed by atoms with Crippen molar-refractivity contribution in [1.29, 1.82) is 0 Å². The number of benzene rings is 1. The van der Waals surface area contributed by atoms with E-state index >= 15 is 0 Å². The van der Waals surface area contributed by atoms with Gasteiger partial charge in [0.2, 0.25) is 5.90 Å². The van der Waals surface area contributed by atoms with Gasteiger partial charge < -0.3 is 4.74 Å². The molecule has 1 aromatic carbocycles. The Bertz CT molecular complexity index is 494. The molecule has 1 saturated carbocycles. The molecule has 0 amide bonds. The van der Waals surface area contributed by atoms with Gasteiger partial charge in [-0.05, 0) is 37.1 Å². The summed E-state index contributed by atoms with van der Waals surface area (Å²) in [7, 11) is 0. The van der Waals surface area contributed by atoms with Crippen LogP contribution in [0.5, 0.6) is 0 Å². The van der Waals surface area contributed by atoms with Gasteiger partial charge in [0.25, 0.3) is 0 Å². The van der Waals surface area contributed by atoms with Gasteiger partial charge in [-0.2, -0.15) is 0 Å². The van der Waals surface area contributed by atoms with Gasteiger partial charge >= 0.3 is 0 Å². The monoisotopic (exact) mass is 399 g/mol. The van der Waals surface area contributed by atoms with Crippen LogP contribution in [0.25, 0.3) is 0 Å². The summed E-state index contributed by atoms with van der Waals surface area (Å²) in [6.45, 7) is 0.786. The molecule has 108 valence electrons. The van der Waals surface area contributed by atoms with Crippen LogP contribution in [0.4, 0.5) is 0 Å². The minimum absolute atomic E-state index is 0.122. The molecule has 1 atom stereocenters. The summed E-state index contributed by atoms with van der Waals surface area (Å²) in [4.78, 5) is 4.68. The Labute approximate surface area is 137 Å². The topological polar surface area (TPSA) is 21.6 Å². The van der Waals surface area contributed by atoms with E-state index in [1.165, 1.54) is 32.1 Å². The van der Waals surface area contributed by atoms with Crippen LogP contribution in [0.3, 0.4) is 0 Å². The van der Waals surface area contributed by atoms with E-state index in [0.717, 1.165) is 27.8 Å². The molecule has 2 aliphatic rings. The second-order valence-corrected chi connectivity index (χ2v) is 7.24. The second-order valence-electron chi connectivity index (χ2n) is 5.76. The van der Waals surface area contributed by atoms with Gasteiger partial charge in [-0.1, -0.05) is 51.1 Å². The highest BCUT2D eigenvalue weighted by Crippen LogP contribution is 2.39. The van der Waals surface area contributed by atoms with Gasteiger partial charge in [-0.3, -0.25) is 0 Å². The highest BCUT2D eigenvalue weighted by atomic mass is 79.9. The summed E-state index contributed by atoms with van der Waals surface area (Å²) in [5.41, 5.74) is 0.954. The number of hydrogen-bond donors (Lipinski definition) is 0. The van der Waals surface area contributed by atoms with Crippen molar-refractivity contribution in [2.24, 2.45) is 10.9 Å². The number of aliphatic imine (C=N–C) groups is 1. The summed E-state index contributed by atoms with van der Waals surface area (Å²) in [5, 5.41) is 0.869. The minimum atomic E-state index is -0.122. The molecule has 0 N–H and O–H groups in total. The van der Waals surface area contributed by atoms with Gasteiger partial charge in [-0.15, -0.1) is 0 Å². The molecule has 1 aromatic rings. The van der Waals surface area contributed by atoms with Crippen molar-refractivity contribution in [3.05, 3.63) is 34.3 Å². The number of nitrogens with zero attached hydrogens (tertiary/aromatic N) is 1. The van der Waals surface area contributed by atoms with Crippen molar-refractivity contribution in [2.45, 2.75) is 37.7 Å². The van der Waals surface area contributed by atoms with Crippen LogP contribution < -0.4 is 0 Å². The molecule has 0 aromatic heterocycles. The largest absolute Gasteiger partial charge is 0.468 e. The summed E-state index contributed by atoms with van der Waals surface area (Å²) < 4.78 is 7.43. The molecule has 0 radical (unpaired) electrons. The lowest BCUT2D eigenvalue weighted by molar-refractivity contribution is 0.0293. The first-order chi connectivity index (χ1) is 9.73. The van der Waals surface area contributed by atoms with E-state index in [0.29, 0.717) is 5.92 Å². The molecule has 0 saturated heterocycles. The molecule has 1 fully saturated rings. The Morgan fingerprint density at radius 1 is 1.15 bits per heavy atom. The van der Waals surface area contributed by atoms with E-state index in [2.05, 4.69) is 49.0 Å². The van der Waals surface area contributed by atoms with Crippen LogP contribution in [0.2, 0.25) is 0 Å². The maximum absolute atomic E-state index is 6.35. The lowest BCUT2D eigenvalue weighted by Gasteiger charge is -2.37. The van der Waals surface area contributed by atoms with E-state index in [4.69, 9.17) is 4.74 Å². The van der Waals surface area contributed by atoms with Gasteiger partial charge in [0.05, 0.1) is 6.54 Å². The Kier molecular flexibility index (Phi) is 4.51. The zero-order valence-electron chi connectivity index (χ0n) is 11.4. The van der Waals surface area contributed by atoms with Gasteiger partial charge in [-0.25, -0.2) is 4.99 Å². The Morgan fingerprint density at radius 2 is 1.85 bits per heavy atom. The van der Waals surface area contributed by atoms with Gasteiger partial charge in [0.1, 0.15) is 5.60 Å². The summed E-state index contributed by atoms with van der Waals surface area (Å²) in [5.74, 6) is 1.44. The molecule has 1 aliphatic heterocycles. The van der Waals surface area contributed by atoms with Crippen molar-refractivity contribution in [2.75, 3.05) is 11.9 Å². The second kappa shape index (κ2) is 6.18. The summed E-state index contributed by atoms with van der Waals surface area (Å²) in [6.07, 6.45) is 6.57. The van der Waals surface area contributed by atoms with Crippen molar-refractivity contribution in [3.63, 3.8) is 0 Å². The van der Waals surface area contributed by atoms with Crippen LogP contribution in [0.1, 0.15) is 37.7 Å². The average Bonchev–Trinajstić information content (AvgIpc) is 2.95. The van der Waals surface area contributed by atoms with Crippen molar-refractivity contribution in [3.8, 4) is 0 Å². The van der Waals surface area contributed by atoms with Crippen LogP contribution >= 0.6 is 31.9 Å². The number of rotatable bonds is 3. The van der Waals surface area contributed by atoms with Crippen molar-refractivity contribution < 1.29 is 4.74 Å². The first-order valence-electron chi connectivity index (χ1n) is 7.29. The fraction of sp³-hybridized carbons (Fsp3) is 0.562. The molecular weight excluding hydrogens is 382 g/mol. The van der Waals surface area contributed by atoms with Crippen LogP contribution in [0, 0.1) is 5.92 Å². The number of ether oxygens (including phenoxy) is 1. The lowest BCUT2D eigenvalue weighted by atomic mass is 9.78. The quantitative estimate of drug-likeness (QED) is 0.658. The van der Waals surface area contributed by atoms with E-state index in [1.807, 2.05) is 12.1 Å². The average molecular weight is 401 g/mol. The van der Waals surface area contributed by atoms with Crippen LogP contribution in [-0.4, -0.2) is 23.4 Å². The lowest BCUT2D eigenvalue weighted by Crippen LogP contribution is -2.44. The van der Waals surface area contributed by atoms with Crippen LogP contribution in [-0.2, 0) is 4.74 Å². The number of halogens is 2. The molecule has 2 nitrogen and oxygen atoms in total. The predicted molar refractivity (Wildman–Crippen MR) is 89.7 cm³/mol. The van der Waals surface area contributed by atoms with Crippen LogP contribution in [0.15, 0.2) is 33.7 Å². The Hall–Kier alpha value is -0.350. The first-order valence-corrected chi connectivity index (χ1v) is 9.20. The molecule has 20 heavy (non-hydrogen) atoms. The fourth-order valence-electron chi connectivity index (χ4n) is 3.23. The van der Waals surface area contributed by atoms with Crippen molar-refractivity contribution in [1.82, 2.24) is 0 Å². The normalized spacial score (nSPS) is 27.2. The zero-order chi connectivity index (χ0) is 14.0. The standard InChI is InChI=1S/C16H19Br2NO/c17-10-16(13-4-2-1-3-5-13)11-19-15(20-16)12-6-8-14(18)9-7-12/h6-9,13H,1-5,10-11H2/t16-/m0/s1. The fourth-order valence-corrected chi connectivity index (χ4v) is 4.24. The zero-order valence-corrected chi connectivity index (χ0v) is 14.6. The summed E-state index contributed by atoms with van der Waals surface area (Å²) >= 11 is 7.14. The SMILES string of the molecule is BrC[C@@]1(C2CCCCC2)CN=C(c2ccc(Br)cc2)O1. The number of alkyl halides is 1. The van der Waals surface area contributed by atoms with Crippen molar-refractivity contribution >= 4 is 37.8 Å². The third kappa shape index (κ3) is 2.82. The van der Waals surface area contributed by atoms with Gasteiger partial charge in [0.15, 0.2) is 0 Å². The molecule has 1 heterocycles. The predicted octanol–water partition coefficient (Wildman–Crippen LogP) is 4.94. The molecule has 4 heteroatoms. The van der Waals surface area contributed by atoms with E-state index in [1.54, 1.807) is 0 Å². The molecular formula is C16H19Br2NO. The first kappa shape index (κ1) is 14.6. The third-order valence-corrected chi connectivity index (χ3v) is 5.93. The summed E-state index contributed by atoms with van der Waals surface area (Å²) in [6, 6.07) is 8.20. The molecule has 0 bridgehead atoms. The minimum Gasteiger partial charge on any atom is -0.468 e. The van der Waals surface area contributed by atoms with E-state index < -0.39 is 0 Å².